The summed E-state index contributed by atoms with van der Waals surface area (Å²) in [5, 5.41) is 8.52. The second kappa shape index (κ2) is 4.04. The van der Waals surface area contributed by atoms with Crippen molar-refractivity contribution in [3.05, 3.63) is 36.5 Å². The van der Waals surface area contributed by atoms with Crippen LogP contribution in [0.3, 0.4) is 0 Å². The Morgan fingerprint density at radius 2 is 2.27 bits per heavy atom. The predicted octanol–water partition coefficient (Wildman–Crippen LogP) is 2.56. The monoisotopic (exact) mass is 206 g/mol. The van der Waals surface area contributed by atoms with Gasteiger partial charge in [0.1, 0.15) is 12.0 Å². The molecule has 1 N–H and O–H groups in total. The molecule has 2 rings (SSSR count). The molecule has 0 spiro atoms. The molecule has 0 bridgehead atoms. The fourth-order valence-electron chi connectivity index (χ4n) is 1.31. The van der Waals surface area contributed by atoms with Crippen LogP contribution in [0.5, 0.6) is 0 Å². The van der Waals surface area contributed by atoms with Crippen molar-refractivity contribution in [2.24, 2.45) is 0 Å². The summed E-state index contributed by atoms with van der Waals surface area (Å²) < 4.78 is 10.2. The van der Waals surface area contributed by atoms with Crippen molar-refractivity contribution in [1.82, 2.24) is 0 Å². The minimum atomic E-state index is -0.805. The SMILES string of the molecule is O=C(O)CCc1coc(-c2ccoc2)c1. The molecular weight excluding hydrogens is 196 g/mol. The minimum absolute atomic E-state index is 0.115. The molecule has 0 unspecified atom stereocenters. The molecule has 2 heterocycles. The van der Waals surface area contributed by atoms with E-state index in [0.29, 0.717) is 12.2 Å². The first-order valence-corrected chi connectivity index (χ1v) is 4.57. The molecule has 4 nitrogen and oxygen atoms in total. The highest BCUT2D eigenvalue weighted by molar-refractivity contribution is 5.67. The topological polar surface area (TPSA) is 63.6 Å². The average Bonchev–Trinajstić information content (AvgIpc) is 2.85. The summed E-state index contributed by atoms with van der Waals surface area (Å²) in [6.07, 6.45) is 5.32. The Morgan fingerprint density at radius 3 is 2.93 bits per heavy atom. The molecule has 0 aliphatic carbocycles. The standard InChI is InChI=1S/C11H10O4/c12-11(13)2-1-8-5-10(15-6-8)9-3-4-14-7-9/h3-7H,1-2H2,(H,12,13). The summed E-state index contributed by atoms with van der Waals surface area (Å²) in [5.74, 6) is -0.106. The van der Waals surface area contributed by atoms with Crippen LogP contribution in [0.15, 0.2) is 39.8 Å². The lowest BCUT2D eigenvalue weighted by molar-refractivity contribution is -0.136. The van der Waals surface area contributed by atoms with E-state index < -0.39 is 5.97 Å². The molecule has 2 aromatic heterocycles. The molecule has 2 aromatic rings. The van der Waals surface area contributed by atoms with Crippen LogP contribution in [0.2, 0.25) is 0 Å². The first kappa shape index (κ1) is 9.58. The number of aryl methyl sites for hydroxylation is 1. The zero-order valence-corrected chi connectivity index (χ0v) is 7.97. The maximum atomic E-state index is 10.4. The Kier molecular flexibility index (Phi) is 2.58. The van der Waals surface area contributed by atoms with Crippen molar-refractivity contribution in [3.63, 3.8) is 0 Å². The van der Waals surface area contributed by atoms with Gasteiger partial charge in [-0.25, -0.2) is 0 Å². The first-order chi connectivity index (χ1) is 7.25. The van der Waals surface area contributed by atoms with Gasteiger partial charge in [0.2, 0.25) is 0 Å². The molecule has 0 aliphatic rings. The molecule has 0 aliphatic heterocycles. The third-order valence-corrected chi connectivity index (χ3v) is 2.09. The third kappa shape index (κ3) is 2.28. The van der Waals surface area contributed by atoms with Crippen molar-refractivity contribution >= 4 is 5.97 Å². The van der Waals surface area contributed by atoms with Crippen molar-refractivity contribution in [3.8, 4) is 11.3 Å². The summed E-state index contributed by atoms with van der Waals surface area (Å²) in [6, 6.07) is 3.62. The van der Waals surface area contributed by atoms with Gasteiger partial charge in [0.25, 0.3) is 0 Å². The van der Waals surface area contributed by atoms with Crippen LogP contribution in [0.1, 0.15) is 12.0 Å². The number of carboxylic acids is 1. The molecule has 0 fully saturated rings. The van der Waals surface area contributed by atoms with Gasteiger partial charge in [0.15, 0.2) is 0 Å². The summed E-state index contributed by atoms with van der Waals surface area (Å²) in [7, 11) is 0. The largest absolute Gasteiger partial charge is 0.481 e. The van der Waals surface area contributed by atoms with Gasteiger partial charge >= 0.3 is 5.97 Å². The van der Waals surface area contributed by atoms with Gasteiger partial charge in [-0.1, -0.05) is 0 Å². The Labute approximate surface area is 86.1 Å². The molecule has 4 heteroatoms. The van der Waals surface area contributed by atoms with Crippen LogP contribution < -0.4 is 0 Å². The lowest BCUT2D eigenvalue weighted by Crippen LogP contribution is -1.95. The highest BCUT2D eigenvalue weighted by atomic mass is 16.4. The van der Waals surface area contributed by atoms with Gasteiger partial charge in [-0.15, -0.1) is 0 Å². The van der Waals surface area contributed by atoms with Gasteiger partial charge in [0.05, 0.1) is 18.1 Å². The van der Waals surface area contributed by atoms with Crippen LogP contribution in [-0.2, 0) is 11.2 Å². The van der Waals surface area contributed by atoms with Crippen molar-refractivity contribution in [2.45, 2.75) is 12.8 Å². The Bertz CT molecular complexity index is 439. The number of furan rings is 2. The lowest BCUT2D eigenvalue weighted by Gasteiger charge is -1.89. The van der Waals surface area contributed by atoms with Gasteiger partial charge in [-0.05, 0) is 24.1 Å². The van der Waals surface area contributed by atoms with E-state index >= 15 is 0 Å². The van der Waals surface area contributed by atoms with Crippen molar-refractivity contribution in [2.75, 3.05) is 0 Å². The molecule has 0 atom stereocenters. The second-order valence-electron chi connectivity index (χ2n) is 3.22. The Balaban J connectivity index is 2.08. The molecule has 78 valence electrons. The highest BCUT2D eigenvalue weighted by Crippen LogP contribution is 2.22. The summed E-state index contributed by atoms with van der Waals surface area (Å²) in [5.41, 5.74) is 1.74. The summed E-state index contributed by atoms with van der Waals surface area (Å²) >= 11 is 0. The molecule has 0 saturated carbocycles. The maximum absolute atomic E-state index is 10.4. The molecular formula is C11H10O4. The lowest BCUT2D eigenvalue weighted by atomic mass is 10.1. The number of carboxylic acid groups (broad SMARTS) is 1. The highest BCUT2D eigenvalue weighted by Gasteiger charge is 2.06. The molecule has 0 amide bonds. The number of rotatable bonds is 4. The van der Waals surface area contributed by atoms with Gasteiger partial charge < -0.3 is 13.9 Å². The number of hydrogen-bond acceptors (Lipinski definition) is 3. The van der Waals surface area contributed by atoms with E-state index in [1.54, 1.807) is 24.9 Å². The van der Waals surface area contributed by atoms with Crippen LogP contribution in [-0.4, -0.2) is 11.1 Å². The molecule has 15 heavy (non-hydrogen) atoms. The van der Waals surface area contributed by atoms with E-state index in [9.17, 15) is 4.79 Å². The van der Waals surface area contributed by atoms with Crippen LogP contribution >= 0.6 is 0 Å². The molecule has 0 aromatic carbocycles. The maximum Gasteiger partial charge on any atom is 0.303 e. The predicted molar refractivity (Wildman–Crippen MR) is 52.4 cm³/mol. The van der Waals surface area contributed by atoms with E-state index in [0.717, 1.165) is 11.1 Å². The van der Waals surface area contributed by atoms with Crippen LogP contribution in [0.4, 0.5) is 0 Å². The second-order valence-corrected chi connectivity index (χ2v) is 3.22. The normalized spacial score (nSPS) is 10.4. The zero-order valence-electron chi connectivity index (χ0n) is 7.97. The van der Waals surface area contributed by atoms with E-state index in [-0.39, 0.29) is 6.42 Å². The Morgan fingerprint density at radius 1 is 1.40 bits per heavy atom. The summed E-state index contributed by atoms with van der Waals surface area (Å²) in [6.45, 7) is 0. The van der Waals surface area contributed by atoms with Gasteiger partial charge in [0, 0.05) is 6.42 Å². The smallest absolute Gasteiger partial charge is 0.303 e. The van der Waals surface area contributed by atoms with E-state index in [4.69, 9.17) is 13.9 Å². The summed E-state index contributed by atoms with van der Waals surface area (Å²) in [4.78, 5) is 10.4. The zero-order chi connectivity index (χ0) is 10.7. The Hall–Kier alpha value is -1.97. The minimum Gasteiger partial charge on any atom is -0.481 e. The van der Waals surface area contributed by atoms with Crippen LogP contribution in [0.25, 0.3) is 11.3 Å². The van der Waals surface area contributed by atoms with Gasteiger partial charge in [-0.3, -0.25) is 4.79 Å². The molecule has 0 saturated heterocycles. The number of hydrogen-bond donors (Lipinski definition) is 1. The van der Waals surface area contributed by atoms with Crippen molar-refractivity contribution < 1.29 is 18.7 Å². The third-order valence-electron chi connectivity index (χ3n) is 2.09. The quantitative estimate of drug-likeness (QED) is 0.834. The van der Waals surface area contributed by atoms with E-state index in [1.807, 2.05) is 6.07 Å². The van der Waals surface area contributed by atoms with E-state index in [2.05, 4.69) is 0 Å². The number of carbonyl (C=O) groups is 1. The first-order valence-electron chi connectivity index (χ1n) is 4.57. The fourth-order valence-corrected chi connectivity index (χ4v) is 1.31. The average molecular weight is 206 g/mol. The van der Waals surface area contributed by atoms with Crippen molar-refractivity contribution in [1.29, 1.82) is 0 Å². The molecule has 0 radical (unpaired) electrons. The number of aliphatic carboxylic acids is 1. The fraction of sp³-hybridized carbons (Fsp3) is 0.182. The van der Waals surface area contributed by atoms with E-state index in [1.165, 1.54) is 0 Å². The van der Waals surface area contributed by atoms with Gasteiger partial charge in [-0.2, -0.15) is 0 Å². The van der Waals surface area contributed by atoms with Crippen LogP contribution in [0, 0.1) is 0 Å².